The summed E-state index contributed by atoms with van der Waals surface area (Å²) in [6.07, 6.45) is 0.844. The highest BCUT2D eigenvalue weighted by Crippen LogP contribution is 2.27. The van der Waals surface area contributed by atoms with Crippen molar-refractivity contribution in [2.45, 2.75) is 52.1 Å². The van der Waals surface area contributed by atoms with Crippen LogP contribution in [0, 0.1) is 5.41 Å². The lowest BCUT2D eigenvalue weighted by molar-refractivity contribution is 0.130. The predicted octanol–water partition coefficient (Wildman–Crippen LogP) is 4.66. The zero-order chi connectivity index (χ0) is 24.3. The molecule has 0 radical (unpaired) electrons. The molecule has 3 N–H and O–H groups in total. The van der Waals surface area contributed by atoms with Crippen LogP contribution in [0.2, 0.25) is 0 Å². The highest BCUT2D eigenvalue weighted by atomic mass is 16.6. The summed E-state index contributed by atoms with van der Waals surface area (Å²) in [5.74, 6) is 1.31. The van der Waals surface area contributed by atoms with Gasteiger partial charge in [-0.05, 0) is 35.4 Å². The fourth-order valence-corrected chi connectivity index (χ4v) is 3.92. The Balaban J connectivity index is 1.34. The number of rotatable bonds is 6. The monoisotopic (exact) mass is 460 g/mol. The molecule has 2 aromatic carbocycles. The van der Waals surface area contributed by atoms with Crippen molar-refractivity contribution in [1.29, 1.82) is 5.41 Å². The summed E-state index contributed by atoms with van der Waals surface area (Å²) in [4.78, 5) is 12.0. The van der Waals surface area contributed by atoms with Crippen molar-refractivity contribution >= 4 is 11.7 Å². The molecule has 1 aromatic heterocycles. The van der Waals surface area contributed by atoms with Crippen LogP contribution in [0.3, 0.4) is 0 Å². The first-order chi connectivity index (χ1) is 16.2. The first kappa shape index (κ1) is 23.5. The zero-order valence-corrected chi connectivity index (χ0v) is 20.2. The molecule has 1 aliphatic rings. The van der Waals surface area contributed by atoms with E-state index in [9.17, 15) is 0 Å². The van der Waals surface area contributed by atoms with Gasteiger partial charge in [-0.1, -0.05) is 79.6 Å². The zero-order valence-electron chi connectivity index (χ0n) is 20.2. The highest BCUT2D eigenvalue weighted by molar-refractivity contribution is 5.98. The van der Waals surface area contributed by atoms with Gasteiger partial charge in [-0.3, -0.25) is 5.41 Å². The third-order valence-corrected chi connectivity index (χ3v) is 6.13. The number of oxime groups is 1. The van der Waals surface area contributed by atoms with Gasteiger partial charge in [0.2, 0.25) is 11.7 Å². The second kappa shape index (κ2) is 9.67. The van der Waals surface area contributed by atoms with Gasteiger partial charge in [-0.25, -0.2) is 0 Å². The van der Waals surface area contributed by atoms with Crippen molar-refractivity contribution in [2.75, 3.05) is 13.1 Å². The third kappa shape index (κ3) is 5.44. The Kier molecular flexibility index (Phi) is 6.68. The van der Waals surface area contributed by atoms with Crippen molar-refractivity contribution in [3.05, 3.63) is 71.1 Å². The summed E-state index contributed by atoms with van der Waals surface area (Å²) in [6, 6.07) is 16.3. The molecule has 2 heterocycles. The summed E-state index contributed by atoms with van der Waals surface area (Å²) < 4.78 is 5.49. The molecule has 0 bridgehead atoms. The number of benzene rings is 2. The summed E-state index contributed by atoms with van der Waals surface area (Å²) in [7, 11) is 0. The maximum absolute atomic E-state index is 7.57. The van der Waals surface area contributed by atoms with E-state index in [2.05, 4.69) is 60.3 Å². The van der Waals surface area contributed by atoms with Crippen LogP contribution < -0.4 is 5.73 Å². The SMILES string of the molecule is CC(=NOCc1ccc(C(C)(C)C)cc1)c1ccc(-c2noc(C3CCN(C(=N)N)C3)n2)cc1. The van der Waals surface area contributed by atoms with Crippen molar-refractivity contribution in [3.8, 4) is 11.4 Å². The molecule has 3 aromatic rings. The lowest BCUT2D eigenvalue weighted by Crippen LogP contribution is -2.34. The summed E-state index contributed by atoms with van der Waals surface area (Å²) in [5, 5.41) is 16.0. The second-order valence-corrected chi connectivity index (χ2v) is 9.75. The van der Waals surface area contributed by atoms with E-state index in [1.165, 1.54) is 5.56 Å². The average molecular weight is 461 g/mol. The summed E-state index contributed by atoms with van der Waals surface area (Å²) in [6.45, 7) is 10.3. The van der Waals surface area contributed by atoms with Crippen LogP contribution >= 0.6 is 0 Å². The number of hydrogen-bond donors (Lipinski definition) is 2. The molecule has 178 valence electrons. The molecule has 1 saturated heterocycles. The van der Waals surface area contributed by atoms with Crippen LogP contribution in [0.1, 0.15) is 62.6 Å². The van der Waals surface area contributed by atoms with Gasteiger partial charge in [0.15, 0.2) is 5.96 Å². The van der Waals surface area contributed by atoms with E-state index in [1.807, 2.05) is 36.1 Å². The first-order valence-electron chi connectivity index (χ1n) is 11.5. The lowest BCUT2D eigenvalue weighted by atomic mass is 9.87. The molecule has 8 heteroatoms. The number of nitrogens with two attached hydrogens (primary N) is 1. The topological polar surface area (TPSA) is 114 Å². The molecule has 1 unspecified atom stereocenters. The normalized spacial score (nSPS) is 16.6. The van der Waals surface area contributed by atoms with Gasteiger partial charge >= 0.3 is 0 Å². The third-order valence-electron chi connectivity index (χ3n) is 6.13. The van der Waals surface area contributed by atoms with E-state index in [1.54, 1.807) is 0 Å². The lowest BCUT2D eigenvalue weighted by Gasteiger charge is -2.19. The van der Waals surface area contributed by atoms with Crippen molar-refractivity contribution in [2.24, 2.45) is 10.9 Å². The Morgan fingerprint density at radius 1 is 1.18 bits per heavy atom. The quantitative estimate of drug-likeness (QED) is 0.314. The Hall–Kier alpha value is -3.68. The molecule has 1 aliphatic heterocycles. The first-order valence-corrected chi connectivity index (χ1v) is 11.5. The van der Waals surface area contributed by atoms with Gasteiger partial charge in [0.05, 0.1) is 11.6 Å². The molecule has 1 atom stereocenters. The van der Waals surface area contributed by atoms with Gasteiger partial charge in [-0.2, -0.15) is 4.98 Å². The number of hydrogen-bond acceptors (Lipinski definition) is 6. The maximum atomic E-state index is 7.57. The Morgan fingerprint density at radius 3 is 2.50 bits per heavy atom. The van der Waals surface area contributed by atoms with E-state index >= 15 is 0 Å². The largest absolute Gasteiger partial charge is 0.391 e. The molecule has 0 saturated carbocycles. The van der Waals surface area contributed by atoms with E-state index in [0.717, 1.165) is 35.4 Å². The van der Waals surface area contributed by atoms with Crippen molar-refractivity contribution < 1.29 is 9.36 Å². The Labute approximate surface area is 200 Å². The van der Waals surface area contributed by atoms with Crippen LogP contribution in [-0.4, -0.2) is 39.8 Å². The summed E-state index contributed by atoms with van der Waals surface area (Å²) >= 11 is 0. The molecule has 4 rings (SSSR count). The fourth-order valence-electron chi connectivity index (χ4n) is 3.92. The number of nitrogens with one attached hydrogen (secondary N) is 1. The molecule has 0 aliphatic carbocycles. The predicted molar refractivity (Wildman–Crippen MR) is 133 cm³/mol. The van der Waals surface area contributed by atoms with E-state index in [-0.39, 0.29) is 17.3 Å². The van der Waals surface area contributed by atoms with Crippen LogP contribution in [0.15, 0.2) is 58.2 Å². The smallest absolute Gasteiger partial charge is 0.231 e. The molecular formula is C26H32N6O2. The maximum Gasteiger partial charge on any atom is 0.231 e. The average Bonchev–Trinajstić information content (AvgIpc) is 3.49. The van der Waals surface area contributed by atoms with E-state index in [4.69, 9.17) is 20.5 Å². The van der Waals surface area contributed by atoms with Gasteiger partial charge in [0.25, 0.3) is 0 Å². The van der Waals surface area contributed by atoms with Gasteiger partial charge in [0.1, 0.15) is 6.61 Å². The van der Waals surface area contributed by atoms with Crippen molar-refractivity contribution in [3.63, 3.8) is 0 Å². The van der Waals surface area contributed by atoms with Gasteiger partial charge in [0, 0.05) is 18.7 Å². The minimum atomic E-state index is 0.0808. The minimum Gasteiger partial charge on any atom is -0.391 e. The van der Waals surface area contributed by atoms with Gasteiger partial charge < -0.3 is 20.0 Å². The molecule has 1 fully saturated rings. The van der Waals surface area contributed by atoms with E-state index < -0.39 is 0 Å². The van der Waals surface area contributed by atoms with Crippen molar-refractivity contribution in [1.82, 2.24) is 15.0 Å². The number of guanidine groups is 1. The summed E-state index contributed by atoms with van der Waals surface area (Å²) in [5.41, 5.74) is 10.7. The number of nitrogens with zero attached hydrogens (tertiary/aromatic N) is 4. The standard InChI is InChI=1S/C26H32N6O2/c1-17(30-33-16-18-5-11-22(12-6-18)26(2,3)4)19-7-9-20(10-8-19)23-29-24(34-31-23)21-13-14-32(15-21)25(27)28/h5-12,21H,13-16H2,1-4H3,(H3,27,28). The molecule has 0 amide bonds. The minimum absolute atomic E-state index is 0.0808. The fraction of sp³-hybridized carbons (Fsp3) is 0.385. The Morgan fingerprint density at radius 2 is 1.88 bits per heavy atom. The number of likely N-dealkylation sites (tertiary alicyclic amines) is 1. The Bertz CT molecular complexity index is 1160. The van der Waals surface area contributed by atoms with Crippen LogP contribution in [0.25, 0.3) is 11.4 Å². The van der Waals surface area contributed by atoms with Crippen LogP contribution in [0.5, 0.6) is 0 Å². The van der Waals surface area contributed by atoms with Crippen LogP contribution in [0.4, 0.5) is 0 Å². The van der Waals surface area contributed by atoms with Gasteiger partial charge in [-0.15, -0.1) is 0 Å². The van der Waals surface area contributed by atoms with Crippen LogP contribution in [-0.2, 0) is 16.9 Å². The molecule has 8 nitrogen and oxygen atoms in total. The molecular weight excluding hydrogens is 428 g/mol. The number of aromatic nitrogens is 2. The molecule has 0 spiro atoms. The molecule has 34 heavy (non-hydrogen) atoms. The highest BCUT2D eigenvalue weighted by Gasteiger charge is 2.29. The van der Waals surface area contributed by atoms with E-state index in [0.29, 0.717) is 24.9 Å². The second-order valence-electron chi connectivity index (χ2n) is 9.75.